The number of nitrogens with zero attached hydrogens (tertiary/aromatic N) is 4. The standard InChI is InChI=1S/C22H19ClN4O7S2/c1-14-2-6-17(7-3-14)36(32,33)26-19-12-20(23)24-13-18(19)21-22(26)34-11-10-25(21)35(30,31)16-8-4-15(5-9-16)27(28)29/h2-9,12-13,21-22H,10-11H2,1H3/t21-,22-/m1/s1. The summed E-state index contributed by atoms with van der Waals surface area (Å²) in [7, 11) is -8.38. The number of sulfonamides is 2. The van der Waals surface area contributed by atoms with Crippen molar-refractivity contribution in [3.05, 3.63) is 87.2 Å². The van der Waals surface area contributed by atoms with Gasteiger partial charge in [0.25, 0.3) is 15.7 Å². The summed E-state index contributed by atoms with van der Waals surface area (Å²) in [5.74, 6) is 0. The highest BCUT2D eigenvalue weighted by Crippen LogP contribution is 2.49. The molecule has 14 heteroatoms. The second-order valence-corrected chi connectivity index (χ2v) is 12.3. The Morgan fingerprint density at radius 3 is 2.28 bits per heavy atom. The van der Waals surface area contributed by atoms with Crippen molar-refractivity contribution >= 4 is 43.0 Å². The molecule has 36 heavy (non-hydrogen) atoms. The molecule has 2 aliphatic heterocycles. The number of non-ortho nitro benzene ring substituents is 1. The summed E-state index contributed by atoms with van der Waals surface area (Å²) >= 11 is 6.11. The molecule has 2 atom stereocenters. The van der Waals surface area contributed by atoms with E-state index in [1.807, 2.05) is 6.92 Å². The van der Waals surface area contributed by atoms with E-state index in [9.17, 15) is 26.9 Å². The van der Waals surface area contributed by atoms with Crippen LogP contribution in [-0.4, -0.2) is 50.4 Å². The van der Waals surface area contributed by atoms with Crippen LogP contribution in [0.3, 0.4) is 0 Å². The Kier molecular flexibility index (Phi) is 6.00. The number of fused-ring (bicyclic) bond motifs is 3. The minimum atomic E-state index is -4.20. The molecule has 11 nitrogen and oxygen atoms in total. The molecule has 1 fully saturated rings. The van der Waals surface area contributed by atoms with E-state index in [-0.39, 0.29) is 39.5 Å². The lowest BCUT2D eigenvalue weighted by Gasteiger charge is -2.39. The van der Waals surface area contributed by atoms with Crippen LogP contribution >= 0.6 is 11.6 Å². The van der Waals surface area contributed by atoms with Gasteiger partial charge in [0, 0.05) is 36.5 Å². The minimum absolute atomic E-state index is 0.00610. The van der Waals surface area contributed by atoms with Gasteiger partial charge in [-0.15, -0.1) is 0 Å². The van der Waals surface area contributed by atoms with Crippen LogP contribution in [0.5, 0.6) is 0 Å². The van der Waals surface area contributed by atoms with E-state index in [1.165, 1.54) is 24.4 Å². The molecule has 188 valence electrons. The molecule has 0 aliphatic carbocycles. The zero-order valence-electron chi connectivity index (χ0n) is 18.7. The Morgan fingerprint density at radius 2 is 1.64 bits per heavy atom. The third-order valence-electron chi connectivity index (χ3n) is 6.08. The first-order chi connectivity index (χ1) is 17.0. The summed E-state index contributed by atoms with van der Waals surface area (Å²) in [6.07, 6.45) is 0.126. The molecule has 1 saturated heterocycles. The van der Waals surface area contributed by atoms with Crippen molar-refractivity contribution in [3.8, 4) is 0 Å². The topological polar surface area (TPSA) is 140 Å². The normalized spacial score (nSPS) is 20.1. The first-order valence-corrected chi connectivity index (χ1v) is 13.9. The highest BCUT2D eigenvalue weighted by atomic mass is 35.5. The smallest absolute Gasteiger partial charge is 0.269 e. The van der Waals surface area contributed by atoms with Crippen LogP contribution in [-0.2, 0) is 24.8 Å². The number of benzene rings is 2. The van der Waals surface area contributed by atoms with E-state index in [1.54, 1.807) is 12.1 Å². The highest BCUT2D eigenvalue weighted by Gasteiger charge is 2.53. The van der Waals surface area contributed by atoms with Crippen molar-refractivity contribution in [3.63, 3.8) is 0 Å². The third-order valence-corrected chi connectivity index (χ3v) is 9.97. The predicted octanol–water partition coefficient (Wildman–Crippen LogP) is 3.25. The maximum atomic E-state index is 13.8. The fourth-order valence-electron chi connectivity index (χ4n) is 4.36. The number of ether oxygens (including phenoxy) is 1. The molecule has 0 amide bonds. The largest absolute Gasteiger partial charge is 0.354 e. The Hall–Kier alpha value is -3.10. The second kappa shape index (κ2) is 8.78. The van der Waals surface area contributed by atoms with Gasteiger partial charge in [-0.2, -0.15) is 4.31 Å². The number of nitro groups is 1. The van der Waals surface area contributed by atoms with E-state index < -0.39 is 37.2 Å². The van der Waals surface area contributed by atoms with Crippen molar-refractivity contribution in [2.45, 2.75) is 29.0 Å². The third kappa shape index (κ3) is 3.92. The highest BCUT2D eigenvalue weighted by molar-refractivity contribution is 7.93. The predicted molar refractivity (Wildman–Crippen MR) is 130 cm³/mol. The number of aromatic nitrogens is 1. The van der Waals surface area contributed by atoms with Crippen LogP contribution in [0, 0.1) is 17.0 Å². The molecule has 0 spiro atoms. The first kappa shape index (κ1) is 24.6. The summed E-state index contributed by atoms with van der Waals surface area (Å²) in [5, 5.41) is 11.0. The van der Waals surface area contributed by atoms with Crippen LogP contribution < -0.4 is 4.31 Å². The number of nitro benzene ring substituents is 1. The number of halogens is 1. The molecule has 0 bridgehead atoms. The number of pyridine rings is 1. The van der Waals surface area contributed by atoms with Gasteiger partial charge in [0.2, 0.25) is 10.0 Å². The molecule has 3 heterocycles. The SMILES string of the molecule is Cc1ccc(S(=O)(=O)N2c3cc(Cl)ncc3[C@@H]3[C@H]2OCCN3S(=O)(=O)c2ccc([N+](=O)[O-])cc2)cc1. The zero-order valence-corrected chi connectivity index (χ0v) is 21.1. The molecule has 2 aromatic carbocycles. The Labute approximate surface area is 212 Å². The maximum Gasteiger partial charge on any atom is 0.269 e. The average molecular weight is 551 g/mol. The Balaban J connectivity index is 1.62. The monoisotopic (exact) mass is 550 g/mol. The summed E-state index contributed by atoms with van der Waals surface area (Å²) in [5.41, 5.74) is 1.09. The lowest BCUT2D eigenvalue weighted by molar-refractivity contribution is -0.384. The van der Waals surface area contributed by atoms with Gasteiger partial charge < -0.3 is 4.74 Å². The van der Waals surface area contributed by atoms with Crippen molar-refractivity contribution in [1.29, 1.82) is 0 Å². The molecular weight excluding hydrogens is 532 g/mol. The summed E-state index contributed by atoms with van der Waals surface area (Å²) in [6, 6.07) is 11.1. The quantitative estimate of drug-likeness (QED) is 0.268. The van der Waals surface area contributed by atoms with Gasteiger partial charge >= 0.3 is 0 Å². The average Bonchev–Trinajstić information content (AvgIpc) is 3.18. The van der Waals surface area contributed by atoms with Crippen molar-refractivity contribution in [2.24, 2.45) is 0 Å². The maximum absolute atomic E-state index is 13.8. The van der Waals surface area contributed by atoms with Gasteiger partial charge in [-0.3, -0.25) is 10.1 Å². The summed E-state index contributed by atoms with van der Waals surface area (Å²) in [6.45, 7) is 1.68. The minimum Gasteiger partial charge on any atom is -0.354 e. The Bertz CT molecular complexity index is 1560. The fourth-order valence-corrected chi connectivity index (χ4v) is 7.67. The first-order valence-electron chi connectivity index (χ1n) is 10.7. The van der Waals surface area contributed by atoms with E-state index in [4.69, 9.17) is 16.3 Å². The van der Waals surface area contributed by atoms with Crippen LogP contribution in [0.15, 0.2) is 70.6 Å². The second-order valence-electron chi connectivity index (χ2n) is 8.25. The Morgan fingerprint density at radius 1 is 1.03 bits per heavy atom. The lowest BCUT2D eigenvalue weighted by Crippen LogP contribution is -2.52. The van der Waals surface area contributed by atoms with Gasteiger partial charge in [0.05, 0.1) is 33.1 Å². The molecule has 5 rings (SSSR count). The van der Waals surface area contributed by atoms with E-state index >= 15 is 0 Å². The van der Waals surface area contributed by atoms with Gasteiger partial charge in [-0.1, -0.05) is 29.3 Å². The molecule has 2 aliphatic rings. The zero-order chi connectivity index (χ0) is 25.8. The fraction of sp³-hybridized carbons (Fsp3) is 0.227. The number of hydrogen-bond donors (Lipinski definition) is 0. The van der Waals surface area contributed by atoms with Crippen molar-refractivity contribution < 1.29 is 26.5 Å². The number of anilines is 1. The number of hydrogen-bond acceptors (Lipinski definition) is 8. The van der Waals surface area contributed by atoms with Gasteiger partial charge in [-0.05, 0) is 31.2 Å². The van der Waals surface area contributed by atoms with Gasteiger partial charge in [0.15, 0.2) is 6.23 Å². The van der Waals surface area contributed by atoms with Crippen molar-refractivity contribution in [1.82, 2.24) is 9.29 Å². The van der Waals surface area contributed by atoms with Crippen molar-refractivity contribution in [2.75, 3.05) is 17.5 Å². The van der Waals surface area contributed by atoms with Gasteiger partial charge in [0.1, 0.15) is 5.15 Å². The molecular formula is C22H19ClN4O7S2. The van der Waals surface area contributed by atoms with Crippen LogP contribution in [0.1, 0.15) is 17.2 Å². The summed E-state index contributed by atoms with van der Waals surface area (Å²) < 4.78 is 62.8. The molecule has 1 aromatic heterocycles. The number of rotatable bonds is 5. The number of aryl methyl sites for hydroxylation is 1. The molecule has 0 radical (unpaired) electrons. The lowest BCUT2D eigenvalue weighted by atomic mass is 10.1. The molecule has 3 aromatic rings. The van der Waals surface area contributed by atoms with E-state index in [0.717, 1.165) is 38.4 Å². The van der Waals surface area contributed by atoms with E-state index in [2.05, 4.69) is 4.98 Å². The van der Waals surface area contributed by atoms with Gasteiger partial charge in [-0.25, -0.2) is 26.1 Å². The molecule has 0 saturated carbocycles. The van der Waals surface area contributed by atoms with Crippen LogP contribution in [0.2, 0.25) is 5.15 Å². The van der Waals surface area contributed by atoms with E-state index in [0.29, 0.717) is 5.56 Å². The number of morpholine rings is 1. The van der Waals surface area contributed by atoms with Crippen LogP contribution in [0.25, 0.3) is 0 Å². The molecule has 0 unspecified atom stereocenters. The van der Waals surface area contributed by atoms with Crippen LogP contribution in [0.4, 0.5) is 11.4 Å². The summed E-state index contributed by atoms with van der Waals surface area (Å²) in [4.78, 5) is 14.3. The molecule has 0 N–H and O–H groups in total.